The lowest BCUT2D eigenvalue weighted by Crippen LogP contribution is -2.13. The molecule has 19 heavy (non-hydrogen) atoms. The Balaban J connectivity index is 2.25. The average molecular weight is 271 g/mol. The standard InChI is InChI=1S/C14H13N3OS/c1-8-5-6-19-13(8)14(18)17-9(2)16-11-4-3-10(15)7-12(11)17/h3-7H,15H2,1-2H3. The molecule has 0 fully saturated rings. The van der Waals surface area contributed by atoms with E-state index < -0.39 is 0 Å². The van der Waals surface area contributed by atoms with Crippen LogP contribution in [0.25, 0.3) is 11.0 Å². The molecule has 0 aliphatic carbocycles. The summed E-state index contributed by atoms with van der Waals surface area (Å²) in [6.07, 6.45) is 0. The number of benzene rings is 1. The molecule has 3 aromatic rings. The predicted molar refractivity (Wildman–Crippen MR) is 77.7 cm³/mol. The summed E-state index contributed by atoms with van der Waals surface area (Å²) in [4.78, 5) is 17.8. The molecule has 2 N–H and O–H groups in total. The van der Waals surface area contributed by atoms with E-state index in [4.69, 9.17) is 5.73 Å². The molecule has 0 atom stereocenters. The molecule has 0 radical (unpaired) electrons. The van der Waals surface area contributed by atoms with Crippen molar-refractivity contribution in [3.8, 4) is 0 Å². The number of carbonyl (C=O) groups excluding carboxylic acids is 1. The van der Waals surface area contributed by atoms with Crippen LogP contribution in [0.2, 0.25) is 0 Å². The normalized spacial score (nSPS) is 11.1. The number of imidazole rings is 1. The first-order valence-corrected chi connectivity index (χ1v) is 6.79. The highest BCUT2D eigenvalue weighted by atomic mass is 32.1. The van der Waals surface area contributed by atoms with Crippen molar-refractivity contribution in [1.82, 2.24) is 9.55 Å². The van der Waals surface area contributed by atoms with Crippen LogP contribution in [0.15, 0.2) is 29.6 Å². The second-order valence-corrected chi connectivity index (χ2v) is 5.40. The summed E-state index contributed by atoms with van der Waals surface area (Å²) in [5, 5.41) is 1.92. The zero-order valence-corrected chi connectivity index (χ0v) is 11.5. The predicted octanol–water partition coefficient (Wildman–Crippen LogP) is 2.99. The molecule has 0 saturated carbocycles. The monoisotopic (exact) mass is 271 g/mol. The number of fused-ring (bicyclic) bond motifs is 1. The van der Waals surface area contributed by atoms with Crippen LogP contribution in [0.4, 0.5) is 5.69 Å². The van der Waals surface area contributed by atoms with Gasteiger partial charge in [-0.1, -0.05) is 0 Å². The SMILES string of the molecule is Cc1ccsc1C(=O)n1c(C)nc2ccc(N)cc21. The molecule has 96 valence electrons. The van der Waals surface area contributed by atoms with Crippen molar-refractivity contribution in [2.75, 3.05) is 5.73 Å². The molecule has 0 aliphatic rings. The number of anilines is 1. The van der Waals surface area contributed by atoms with E-state index in [9.17, 15) is 4.79 Å². The molecule has 3 rings (SSSR count). The molecule has 5 heteroatoms. The van der Waals surface area contributed by atoms with Gasteiger partial charge in [0.05, 0.1) is 15.9 Å². The summed E-state index contributed by atoms with van der Waals surface area (Å²) in [6, 6.07) is 7.36. The molecule has 0 unspecified atom stereocenters. The zero-order valence-electron chi connectivity index (χ0n) is 10.7. The summed E-state index contributed by atoms with van der Waals surface area (Å²) in [6.45, 7) is 3.77. The summed E-state index contributed by atoms with van der Waals surface area (Å²) in [7, 11) is 0. The number of nitrogens with two attached hydrogens (primary N) is 1. The third-order valence-corrected chi connectivity index (χ3v) is 4.11. The van der Waals surface area contributed by atoms with Crippen molar-refractivity contribution >= 4 is 34.0 Å². The van der Waals surface area contributed by atoms with Gasteiger partial charge in [-0.25, -0.2) is 4.98 Å². The number of nitrogen functional groups attached to an aromatic ring is 1. The van der Waals surface area contributed by atoms with Gasteiger partial charge in [-0.15, -0.1) is 11.3 Å². The minimum Gasteiger partial charge on any atom is -0.399 e. The number of nitrogens with zero attached hydrogens (tertiary/aromatic N) is 2. The van der Waals surface area contributed by atoms with Crippen LogP contribution in [-0.4, -0.2) is 15.5 Å². The largest absolute Gasteiger partial charge is 0.399 e. The van der Waals surface area contributed by atoms with Crippen LogP contribution in [0, 0.1) is 13.8 Å². The van der Waals surface area contributed by atoms with Gasteiger partial charge in [0.15, 0.2) is 0 Å². The van der Waals surface area contributed by atoms with Crippen LogP contribution in [0.1, 0.15) is 21.1 Å². The van der Waals surface area contributed by atoms with E-state index in [0.717, 1.165) is 21.5 Å². The Bertz CT molecular complexity index is 785. The van der Waals surface area contributed by atoms with Crippen LogP contribution in [-0.2, 0) is 0 Å². The quantitative estimate of drug-likeness (QED) is 0.692. The summed E-state index contributed by atoms with van der Waals surface area (Å²) >= 11 is 1.45. The van der Waals surface area contributed by atoms with E-state index in [1.165, 1.54) is 11.3 Å². The van der Waals surface area contributed by atoms with E-state index in [2.05, 4.69) is 4.98 Å². The average Bonchev–Trinajstić information content (AvgIpc) is 2.91. The molecular formula is C14H13N3OS. The maximum absolute atomic E-state index is 12.6. The minimum absolute atomic E-state index is 0.0434. The molecule has 0 spiro atoms. The molecule has 4 nitrogen and oxygen atoms in total. The molecule has 2 aromatic heterocycles. The summed E-state index contributed by atoms with van der Waals surface area (Å²) < 4.78 is 1.63. The maximum Gasteiger partial charge on any atom is 0.274 e. The number of carbonyl (C=O) groups is 1. The Hall–Kier alpha value is -2.14. The van der Waals surface area contributed by atoms with Crippen molar-refractivity contribution in [1.29, 1.82) is 0 Å². The van der Waals surface area contributed by atoms with Crippen molar-refractivity contribution in [3.63, 3.8) is 0 Å². The molecular weight excluding hydrogens is 258 g/mol. The molecule has 0 bridgehead atoms. The Morgan fingerprint density at radius 1 is 1.32 bits per heavy atom. The Morgan fingerprint density at radius 3 is 2.79 bits per heavy atom. The number of aryl methyl sites for hydroxylation is 2. The van der Waals surface area contributed by atoms with E-state index >= 15 is 0 Å². The molecule has 0 amide bonds. The van der Waals surface area contributed by atoms with Gasteiger partial charge in [0.1, 0.15) is 5.82 Å². The fraction of sp³-hybridized carbons (Fsp3) is 0.143. The van der Waals surface area contributed by atoms with Crippen molar-refractivity contribution in [3.05, 3.63) is 45.9 Å². The Morgan fingerprint density at radius 2 is 2.11 bits per heavy atom. The fourth-order valence-electron chi connectivity index (χ4n) is 2.16. The second-order valence-electron chi connectivity index (χ2n) is 4.48. The first-order valence-electron chi connectivity index (χ1n) is 5.91. The number of rotatable bonds is 1. The maximum atomic E-state index is 12.6. The highest BCUT2D eigenvalue weighted by Gasteiger charge is 2.18. The van der Waals surface area contributed by atoms with E-state index in [-0.39, 0.29) is 5.91 Å². The molecule has 1 aromatic carbocycles. The minimum atomic E-state index is -0.0434. The van der Waals surface area contributed by atoms with Gasteiger partial charge in [0, 0.05) is 5.69 Å². The lowest BCUT2D eigenvalue weighted by molar-refractivity contribution is 0.0966. The van der Waals surface area contributed by atoms with E-state index in [0.29, 0.717) is 11.5 Å². The van der Waals surface area contributed by atoms with Gasteiger partial charge in [0.25, 0.3) is 5.91 Å². The lowest BCUT2D eigenvalue weighted by atomic mass is 10.2. The van der Waals surface area contributed by atoms with Crippen LogP contribution >= 0.6 is 11.3 Å². The first-order chi connectivity index (χ1) is 9.08. The van der Waals surface area contributed by atoms with Crippen molar-refractivity contribution in [2.24, 2.45) is 0 Å². The zero-order chi connectivity index (χ0) is 13.6. The summed E-state index contributed by atoms with van der Waals surface area (Å²) in [5.41, 5.74) is 8.96. The van der Waals surface area contributed by atoms with Gasteiger partial charge in [-0.05, 0) is 49.1 Å². The third-order valence-electron chi connectivity index (χ3n) is 3.11. The van der Waals surface area contributed by atoms with Gasteiger partial charge in [-0.2, -0.15) is 0 Å². The van der Waals surface area contributed by atoms with Gasteiger partial charge in [0.2, 0.25) is 0 Å². The van der Waals surface area contributed by atoms with E-state index in [1.807, 2.05) is 31.4 Å². The van der Waals surface area contributed by atoms with Gasteiger partial charge >= 0.3 is 0 Å². The van der Waals surface area contributed by atoms with E-state index in [1.54, 1.807) is 16.7 Å². The number of aromatic nitrogens is 2. The van der Waals surface area contributed by atoms with Crippen molar-refractivity contribution in [2.45, 2.75) is 13.8 Å². The summed E-state index contributed by atoms with van der Waals surface area (Å²) in [5.74, 6) is 0.636. The Kier molecular flexibility index (Phi) is 2.64. The van der Waals surface area contributed by atoms with Gasteiger partial charge in [-0.3, -0.25) is 9.36 Å². The molecule has 0 aliphatic heterocycles. The Labute approximate surface area is 114 Å². The highest BCUT2D eigenvalue weighted by molar-refractivity contribution is 7.12. The topological polar surface area (TPSA) is 60.9 Å². The van der Waals surface area contributed by atoms with Gasteiger partial charge < -0.3 is 5.73 Å². The smallest absolute Gasteiger partial charge is 0.274 e. The highest BCUT2D eigenvalue weighted by Crippen LogP contribution is 2.23. The lowest BCUT2D eigenvalue weighted by Gasteiger charge is -2.05. The second kappa shape index (κ2) is 4.20. The number of hydrogen-bond donors (Lipinski definition) is 1. The van der Waals surface area contributed by atoms with Crippen LogP contribution < -0.4 is 5.73 Å². The molecule has 2 heterocycles. The number of hydrogen-bond acceptors (Lipinski definition) is 4. The third kappa shape index (κ3) is 1.82. The molecule has 0 saturated heterocycles. The fourth-order valence-corrected chi connectivity index (χ4v) is 3.02. The van der Waals surface area contributed by atoms with Crippen LogP contribution in [0.3, 0.4) is 0 Å². The first kappa shape index (κ1) is 11.9. The number of thiophene rings is 1. The van der Waals surface area contributed by atoms with Crippen LogP contribution in [0.5, 0.6) is 0 Å². The van der Waals surface area contributed by atoms with Crippen molar-refractivity contribution < 1.29 is 4.79 Å².